The number of hydrogen-bond acceptors (Lipinski definition) is 5. The topological polar surface area (TPSA) is 72.8 Å². The van der Waals surface area contributed by atoms with Crippen LogP contribution in [0.1, 0.15) is 114 Å². The molecule has 0 aromatic carbocycles. The molecule has 5 nitrogen and oxygen atoms in total. The summed E-state index contributed by atoms with van der Waals surface area (Å²) in [6.45, 7) is 27.7. The molecule has 4 aliphatic rings. The van der Waals surface area contributed by atoms with Crippen LogP contribution in [-0.2, 0) is 19.1 Å². The van der Waals surface area contributed by atoms with E-state index in [0.717, 1.165) is 43.3 Å². The van der Waals surface area contributed by atoms with Crippen molar-refractivity contribution < 1.29 is 24.2 Å². The van der Waals surface area contributed by atoms with E-state index >= 15 is 0 Å². The van der Waals surface area contributed by atoms with E-state index in [-0.39, 0.29) is 34.0 Å². The smallest absolute Gasteiger partial charge is 0.344 e. The maximum Gasteiger partial charge on any atom is 0.344 e. The normalized spacial score (nSPS) is 37.3. The van der Waals surface area contributed by atoms with E-state index in [1.165, 1.54) is 35.6 Å². The van der Waals surface area contributed by atoms with Crippen molar-refractivity contribution in [2.75, 3.05) is 6.61 Å². The van der Waals surface area contributed by atoms with Crippen molar-refractivity contribution in [3.63, 3.8) is 0 Å². The minimum Gasteiger partial charge on any atom is -0.459 e. The van der Waals surface area contributed by atoms with Gasteiger partial charge in [0.15, 0.2) is 6.61 Å². The van der Waals surface area contributed by atoms with Crippen LogP contribution in [0.2, 0.25) is 0 Å². The molecule has 4 rings (SSSR count). The van der Waals surface area contributed by atoms with Gasteiger partial charge in [-0.15, -0.1) is 6.58 Å². The number of aliphatic hydroxyl groups is 1. The minimum atomic E-state index is -0.640. The Morgan fingerprint density at radius 3 is 2.40 bits per heavy atom. The molecule has 0 aromatic heterocycles. The summed E-state index contributed by atoms with van der Waals surface area (Å²) in [5, 5.41) is 11.8. The van der Waals surface area contributed by atoms with Crippen molar-refractivity contribution in [1.82, 2.24) is 0 Å². The highest BCUT2D eigenvalue weighted by atomic mass is 16.6. The highest BCUT2D eigenvalue weighted by Gasteiger charge is 2.66. The zero-order valence-electron chi connectivity index (χ0n) is 31.3. The molecule has 3 unspecified atom stereocenters. The molecule has 0 saturated heterocycles. The molecule has 3 fully saturated rings. The first-order chi connectivity index (χ1) is 22.4. The van der Waals surface area contributed by atoms with E-state index < -0.39 is 36.2 Å². The van der Waals surface area contributed by atoms with Crippen LogP contribution in [-0.4, -0.2) is 35.9 Å². The number of esters is 2. The van der Waals surface area contributed by atoms with E-state index in [9.17, 15) is 14.7 Å². The van der Waals surface area contributed by atoms with Crippen LogP contribution in [0.5, 0.6) is 0 Å². The largest absolute Gasteiger partial charge is 0.459 e. The molecular formula is C43H62O5. The molecule has 0 heterocycles. The van der Waals surface area contributed by atoms with Gasteiger partial charge in [0.05, 0.1) is 6.10 Å². The van der Waals surface area contributed by atoms with Gasteiger partial charge in [0, 0.05) is 16.9 Å². The monoisotopic (exact) mass is 658 g/mol. The van der Waals surface area contributed by atoms with Crippen molar-refractivity contribution in [3.05, 3.63) is 83.6 Å². The molecule has 0 aliphatic heterocycles. The second kappa shape index (κ2) is 14.5. The molecule has 0 spiro atoms. The average Bonchev–Trinajstić information content (AvgIpc) is 3.37. The number of carbonyl (C=O) groups is 2. The van der Waals surface area contributed by atoms with Gasteiger partial charge in [-0.2, -0.15) is 0 Å². The molecule has 264 valence electrons. The number of aliphatic hydroxyl groups excluding tert-OH is 1. The fourth-order valence-electron chi connectivity index (χ4n) is 9.95. The van der Waals surface area contributed by atoms with Crippen molar-refractivity contribution in [2.45, 2.75) is 126 Å². The summed E-state index contributed by atoms with van der Waals surface area (Å²) in [6.07, 6.45) is 20.3. The molecule has 3 saturated carbocycles. The number of ether oxygens (including phenoxy) is 2. The molecule has 0 aromatic rings. The van der Waals surface area contributed by atoms with Crippen LogP contribution in [0.3, 0.4) is 0 Å². The fourth-order valence-corrected chi connectivity index (χ4v) is 9.95. The lowest BCUT2D eigenvalue weighted by atomic mass is 9.43. The third-order valence-electron chi connectivity index (χ3n) is 13.2. The zero-order chi connectivity index (χ0) is 35.7. The number of rotatable bonds is 9. The summed E-state index contributed by atoms with van der Waals surface area (Å²) in [5.41, 5.74) is 5.04. The summed E-state index contributed by atoms with van der Waals surface area (Å²) in [5.74, 6) is -0.679. The molecule has 0 amide bonds. The van der Waals surface area contributed by atoms with Gasteiger partial charge in [0.25, 0.3) is 0 Å². The van der Waals surface area contributed by atoms with Crippen molar-refractivity contribution >= 4 is 11.9 Å². The highest BCUT2D eigenvalue weighted by molar-refractivity contribution is 5.85. The zero-order valence-corrected chi connectivity index (χ0v) is 31.3. The molecule has 0 radical (unpaired) electrons. The SMILES string of the molecule is C=C[C@]1(C)C[C@@H](OC(=O)COC(=O)/C=C(C)/C=C/C=C(C)/C=C/C2=C(C)CCCC2(C)C)C2(C)C(C)CCC3(CCC(=C)[C@H]32)[C@@H](C)[C@@H]1O. The first-order valence-electron chi connectivity index (χ1n) is 18.2. The first kappa shape index (κ1) is 37.9. The Morgan fingerprint density at radius 1 is 1.02 bits per heavy atom. The minimum absolute atomic E-state index is 0.0602. The summed E-state index contributed by atoms with van der Waals surface area (Å²) in [4.78, 5) is 26.0. The Hall–Kier alpha value is -2.92. The molecule has 5 heteroatoms. The lowest BCUT2D eigenvalue weighted by Crippen LogP contribution is -2.62. The predicted molar refractivity (Wildman–Crippen MR) is 196 cm³/mol. The van der Waals surface area contributed by atoms with Crippen LogP contribution in [0.15, 0.2) is 83.6 Å². The Morgan fingerprint density at radius 2 is 1.73 bits per heavy atom. The summed E-state index contributed by atoms with van der Waals surface area (Å²) in [6, 6.07) is 0. The van der Waals surface area contributed by atoms with Crippen LogP contribution >= 0.6 is 0 Å². The van der Waals surface area contributed by atoms with E-state index in [1.54, 1.807) is 0 Å². The quantitative estimate of drug-likeness (QED) is 0.116. The van der Waals surface area contributed by atoms with Gasteiger partial charge < -0.3 is 14.6 Å². The molecule has 48 heavy (non-hydrogen) atoms. The second-order valence-electron chi connectivity index (χ2n) is 16.8. The van der Waals surface area contributed by atoms with E-state index in [4.69, 9.17) is 9.47 Å². The van der Waals surface area contributed by atoms with Gasteiger partial charge in [-0.1, -0.05) is 101 Å². The first-order valence-corrected chi connectivity index (χ1v) is 18.2. The van der Waals surface area contributed by atoms with Gasteiger partial charge >= 0.3 is 11.9 Å². The Bertz CT molecular complexity index is 1440. The van der Waals surface area contributed by atoms with Crippen LogP contribution in [0.4, 0.5) is 0 Å². The number of carbonyl (C=O) groups excluding carboxylic acids is 2. The van der Waals surface area contributed by atoms with E-state index in [1.807, 2.05) is 38.2 Å². The van der Waals surface area contributed by atoms with Gasteiger partial charge in [0.1, 0.15) is 6.10 Å². The molecule has 2 bridgehead atoms. The van der Waals surface area contributed by atoms with Crippen molar-refractivity contribution in [1.29, 1.82) is 0 Å². The van der Waals surface area contributed by atoms with Gasteiger partial charge in [-0.05, 0) is 112 Å². The molecule has 1 N–H and O–H groups in total. The average molecular weight is 659 g/mol. The van der Waals surface area contributed by atoms with E-state index in [0.29, 0.717) is 6.42 Å². The van der Waals surface area contributed by atoms with Crippen LogP contribution in [0.25, 0.3) is 0 Å². The number of allylic oxidation sites excluding steroid dienone is 10. The van der Waals surface area contributed by atoms with Crippen molar-refractivity contribution in [2.24, 2.45) is 39.4 Å². The third-order valence-corrected chi connectivity index (χ3v) is 13.2. The van der Waals surface area contributed by atoms with Gasteiger partial charge in [0.2, 0.25) is 0 Å². The maximum atomic E-state index is 13.3. The predicted octanol–water partition coefficient (Wildman–Crippen LogP) is 9.95. The molecular weight excluding hydrogens is 596 g/mol. The van der Waals surface area contributed by atoms with E-state index in [2.05, 4.69) is 73.8 Å². The number of hydrogen-bond donors (Lipinski definition) is 1. The maximum absolute atomic E-state index is 13.3. The standard InChI is InChI=1S/C43H62O5/c1-12-41(10)26-35(42(11)32(6)21-24-43(33(7)39(41)46)23-20-31(5)38(42)43)48-37(45)27-47-36(44)25-29(3)16-13-15-28(2)18-19-34-30(4)17-14-22-40(34,8)9/h12-13,15-16,18-19,25,32-33,35,38-39,46H,1,5,14,17,20-24,26-27H2,2-4,6-11H3/b16-13+,19-18+,28-15+,29-25+/t32?,33-,35+,38-,39-,41+,42?,43?/m0/s1. The van der Waals surface area contributed by atoms with Gasteiger partial charge in [-0.3, -0.25) is 0 Å². The molecule has 4 aliphatic carbocycles. The van der Waals surface area contributed by atoms with Crippen molar-refractivity contribution in [3.8, 4) is 0 Å². The molecule has 8 atom stereocenters. The summed E-state index contributed by atoms with van der Waals surface area (Å²) >= 11 is 0. The lowest BCUT2D eigenvalue weighted by Gasteiger charge is -2.62. The third kappa shape index (κ3) is 7.32. The second-order valence-corrected chi connectivity index (χ2v) is 16.8. The lowest BCUT2D eigenvalue weighted by molar-refractivity contribution is -0.204. The summed E-state index contributed by atoms with van der Waals surface area (Å²) < 4.78 is 11.7. The Labute approximate surface area is 291 Å². The van der Waals surface area contributed by atoms with Crippen LogP contribution < -0.4 is 0 Å². The highest BCUT2D eigenvalue weighted by Crippen LogP contribution is 2.70. The Kier molecular flexibility index (Phi) is 11.5. The van der Waals surface area contributed by atoms with Crippen LogP contribution in [0, 0.1) is 39.4 Å². The fraction of sp³-hybridized carbons (Fsp3) is 0.628. The Balaban J connectivity index is 1.42. The van der Waals surface area contributed by atoms with Gasteiger partial charge in [-0.25, -0.2) is 9.59 Å². The summed E-state index contributed by atoms with van der Waals surface area (Å²) in [7, 11) is 0.